The van der Waals surface area contributed by atoms with Gasteiger partial charge in [-0.15, -0.1) is 0 Å². The van der Waals surface area contributed by atoms with Crippen molar-refractivity contribution in [3.63, 3.8) is 0 Å². The number of esters is 1. The highest BCUT2D eigenvalue weighted by molar-refractivity contribution is 9.10. The molecule has 132 valence electrons. The second kappa shape index (κ2) is 6.55. The van der Waals surface area contributed by atoms with E-state index in [0.29, 0.717) is 5.56 Å². The molecular formula is C18H18BrNO4S. The van der Waals surface area contributed by atoms with Crippen molar-refractivity contribution in [2.45, 2.75) is 28.5 Å². The fraction of sp³-hybridized carbons (Fsp3) is 0.278. The maximum atomic E-state index is 13.1. The van der Waals surface area contributed by atoms with Crippen LogP contribution in [0.15, 0.2) is 64.0 Å². The van der Waals surface area contributed by atoms with Crippen LogP contribution >= 0.6 is 15.9 Å². The Labute approximate surface area is 155 Å². The zero-order chi connectivity index (χ0) is 18.2. The molecule has 0 radical (unpaired) electrons. The molecule has 1 aliphatic carbocycles. The molecule has 0 bridgehead atoms. The first-order chi connectivity index (χ1) is 11.8. The Morgan fingerprint density at radius 2 is 1.76 bits per heavy atom. The SMILES string of the molecule is CCOC(=O)[C@]1(N)[C@H](c2ccc(Br)cc2)[C@@H]1S(=O)(=O)c1ccccc1. The second-order valence-electron chi connectivity index (χ2n) is 5.96. The third kappa shape index (κ3) is 3.01. The van der Waals surface area contributed by atoms with Gasteiger partial charge in [0.15, 0.2) is 9.84 Å². The van der Waals surface area contributed by atoms with Crippen molar-refractivity contribution in [2.75, 3.05) is 6.61 Å². The molecule has 0 unspecified atom stereocenters. The fourth-order valence-electron chi connectivity index (χ4n) is 3.19. The smallest absolute Gasteiger partial charge is 0.328 e. The molecular weight excluding hydrogens is 406 g/mol. The van der Waals surface area contributed by atoms with Crippen molar-refractivity contribution < 1.29 is 17.9 Å². The minimum Gasteiger partial charge on any atom is -0.465 e. The molecule has 7 heteroatoms. The van der Waals surface area contributed by atoms with Gasteiger partial charge in [0.05, 0.1) is 11.5 Å². The number of nitrogens with two attached hydrogens (primary N) is 1. The van der Waals surface area contributed by atoms with E-state index in [4.69, 9.17) is 10.5 Å². The minimum atomic E-state index is -3.78. The molecule has 25 heavy (non-hydrogen) atoms. The summed E-state index contributed by atoms with van der Waals surface area (Å²) < 4.78 is 32.1. The van der Waals surface area contributed by atoms with Gasteiger partial charge in [0.2, 0.25) is 0 Å². The van der Waals surface area contributed by atoms with Crippen LogP contribution in [-0.4, -0.2) is 31.8 Å². The third-order valence-corrected chi connectivity index (χ3v) is 7.23. The maximum absolute atomic E-state index is 13.1. The van der Waals surface area contributed by atoms with Crippen molar-refractivity contribution in [3.8, 4) is 0 Å². The zero-order valence-corrected chi connectivity index (χ0v) is 16.0. The van der Waals surface area contributed by atoms with Gasteiger partial charge in [-0.2, -0.15) is 0 Å². The van der Waals surface area contributed by atoms with Gasteiger partial charge in [-0.3, -0.25) is 0 Å². The Bertz CT molecular complexity index is 883. The van der Waals surface area contributed by atoms with Gasteiger partial charge in [-0.1, -0.05) is 46.3 Å². The summed E-state index contributed by atoms with van der Waals surface area (Å²) in [4.78, 5) is 12.6. The summed E-state index contributed by atoms with van der Waals surface area (Å²) in [6.45, 7) is 1.81. The molecule has 1 aliphatic rings. The number of carbonyl (C=O) groups is 1. The van der Waals surface area contributed by atoms with Crippen LogP contribution in [0, 0.1) is 0 Å². The summed E-state index contributed by atoms with van der Waals surface area (Å²) in [6, 6.07) is 15.2. The molecule has 2 aromatic carbocycles. The molecule has 0 aromatic heterocycles. The lowest BCUT2D eigenvalue weighted by Crippen LogP contribution is -2.41. The van der Waals surface area contributed by atoms with E-state index in [1.807, 2.05) is 0 Å². The van der Waals surface area contributed by atoms with E-state index in [2.05, 4.69) is 15.9 Å². The molecule has 1 fully saturated rings. The molecule has 2 N–H and O–H groups in total. The van der Waals surface area contributed by atoms with E-state index >= 15 is 0 Å². The lowest BCUT2D eigenvalue weighted by Gasteiger charge is -2.11. The number of ether oxygens (including phenoxy) is 1. The van der Waals surface area contributed by atoms with Crippen molar-refractivity contribution >= 4 is 31.7 Å². The van der Waals surface area contributed by atoms with Crippen LogP contribution in [-0.2, 0) is 19.4 Å². The van der Waals surface area contributed by atoms with Crippen LogP contribution in [0.5, 0.6) is 0 Å². The van der Waals surface area contributed by atoms with E-state index < -0.39 is 32.5 Å². The minimum absolute atomic E-state index is 0.142. The number of hydrogen-bond acceptors (Lipinski definition) is 5. The Balaban J connectivity index is 2.06. The molecule has 0 saturated heterocycles. The quantitative estimate of drug-likeness (QED) is 0.746. The monoisotopic (exact) mass is 423 g/mol. The van der Waals surface area contributed by atoms with Gasteiger partial charge in [0.25, 0.3) is 0 Å². The first-order valence-electron chi connectivity index (χ1n) is 7.84. The van der Waals surface area contributed by atoms with Crippen LogP contribution in [0.25, 0.3) is 0 Å². The number of hydrogen-bond donors (Lipinski definition) is 1. The topological polar surface area (TPSA) is 86.5 Å². The highest BCUT2D eigenvalue weighted by atomic mass is 79.9. The van der Waals surface area contributed by atoms with E-state index in [1.54, 1.807) is 49.4 Å². The molecule has 0 spiro atoms. The first-order valence-corrected chi connectivity index (χ1v) is 10.2. The summed E-state index contributed by atoms with van der Waals surface area (Å²) in [5.74, 6) is -1.34. The van der Waals surface area contributed by atoms with Crippen molar-refractivity contribution in [1.29, 1.82) is 0 Å². The Hall–Kier alpha value is -1.70. The van der Waals surface area contributed by atoms with Crippen LogP contribution < -0.4 is 5.73 Å². The normalized spacial score (nSPS) is 25.4. The van der Waals surface area contributed by atoms with Gasteiger partial charge in [0, 0.05) is 10.4 Å². The first kappa shape index (κ1) is 18.1. The van der Waals surface area contributed by atoms with Crippen molar-refractivity contribution in [2.24, 2.45) is 5.73 Å². The van der Waals surface area contributed by atoms with E-state index in [9.17, 15) is 13.2 Å². The number of sulfone groups is 1. The summed E-state index contributed by atoms with van der Waals surface area (Å²) >= 11 is 3.35. The predicted octanol–water partition coefficient (Wildman–Crippen LogP) is 2.65. The average Bonchev–Trinajstić information content (AvgIpc) is 3.25. The summed E-state index contributed by atoms with van der Waals surface area (Å²) in [5, 5.41) is -1.05. The molecule has 0 heterocycles. The predicted molar refractivity (Wildman–Crippen MR) is 97.9 cm³/mol. The average molecular weight is 424 g/mol. The van der Waals surface area contributed by atoms with Crippen LogP contribution in [0.1, 0.15) is 18.4 Å². The van der Waals surface area contributed by atoms with Crippen molar-refractivity contribution in [1.82, 2.24) is 0 Å². The molecule has 5 nitrogen and oxygen atoms in total. The second-order valence-corrected chi connectivity index (χ2v) is 8.95. The van der Waals surface area contributed by atoms with Gasteiger partial charge in [-0.25, -0.2) is 13.2 Å². The Morgan fingerprint density at radius 1 is 1.16 bits per heavy atom. The molecule has 0 amide bonds. The zero-order valence-electron chi connectivity index (χ0n) is 13.6. The molecule has 0 aliphatic heterocycles. The number of rotatable bonds is 5. The van der Waals surface area contributed by atoms with Crippen LogP contribution in [0.2, 0.25) is 0 Å². The van der Waals surface area contributed by atoms with Crippen LogP contribution in [0.3, 0.4) is 0 Å². The summed E-state index contributed by atoms with van der Waals surface area (Å²) in [7, 11) is -3.78. The third-order valence-electron chi connectivity index (χ3n) is 4.44. The molecule has 1 saturated carbocycles. The lowest BCUT2D eigenvalue weighted by atomic mass is 10.1. The van der Waals surface area contributed by atoms with E-state index in [1.165, 1.54) is 12.1 Å². The fourth-order valence-corrected chi connectivity index (χ4v) is 5.70. The molecule has 2 aromatic rings. The summed E-state index contributed by atoms with van der Waals surface area (Å²) in [6.07, 6.45) is 0. The van der Waals surface area contributed by atoms with E-state index in [0.717, 1.165) is 4.47 Å². The van der Waals surface area contributed by atoms with Gasteiger partial charge in [0.1, 0.15) is 10.8 Å². The number of halogens is 1. The lowest BCUT2D eigenvalue weighted by molar-refractivity contribution is -0.145. The number of benzene rings is 2. The Morgan fingerprint density at radius 3 is 2.32 bits per heavy atom. The van der Waals surface area contributed by atoms with Gasteiger partial charge >= 0.3 is 5.97 Å². The largest absolute Gasteiger partial charge is 0.465 e. The van der Waals surface area contributed by atoms with Crippen LogP contribution in [0.4, 0.5) is 0 Å². The highest BCUT2D eigenvalue weighted by Crippen LogP contribution is 2.56. The maximum Gasteiger partial charge on any atom is 0.328 e. The standard InChI is InChI=1S/C18H18BrNO4S/c1-2-24-17(21)18(20)15(12-8-10-13(19)11-9-12)16(18)25(22,23)14-6-4-3-5-7-14/h3-11,15-16H,2,20H2,1H3/t15-,16+,18+/m1/s1. The summed E-state index contributed by atoms with van der Waals surface area (Å²) in [5.41, 5.74) is 5.41. The van der Waals surface area contributed by atoms with Crippen molar-refractivity contribution in [3.05, 3.63) is 64.6 Å². The van der Waals surface area contributed by atoms with Gasteiger partial charge in [-0.05, 0) is 36.8 Å². The van der Waals surface area contributed by atoms with E-state index in [-0.39, 0.29) is 11.5 Å². The Kier molecular flexibility index (Phi) is 4.74. The van der Waals surface area contributed by atoms with Gasteiger partial charge < -0.3 is 10.5 Å². The highest BCUT2D eigenvalue weighted by Gasteiger charge is 2.74. The molecule has 3 atom stereocenters. The number of carbonyl (C=O) groups excluding carboxylic acids is 1. The molecule has 3 rings (SSSR count).